The van der Waals surface area contributed by atoms with Gasteiger partial charge in [-0.25, -0.2) is 0 Å². The molecule has 0 saturated heterocycles. The van der Waals surface area contributed by atoms with Crippen molar-refractivity contribution < 1.29 is 9.47 Å². The van der Waals surface area contributed by atoms with E-state index in [0.717, 1.165) is 40.8 Å². The van der Waals surface area contributed by atoms with Gasteiger partial charge in [-0.2, -0.15) is 0 Å². The zero-order valence-corrected chi connectivity index (χ0v) is 27.6. The molecule has 46 heavy (non-hydrogen) atoms. The zero-order valence-electron chi connectivity index (χ0n) is 27.6. The number of unbranched alkanes of at least 4 members (excludes halogenated alkanes) is 3. The van der Waals surface area contributed by atoms with Crippen LogP contribution in [0.25, 0.3) is 0 Å². The minimum absolute atomic E-state index is 0.0294. The molecule has 4 N–H and O–H groups in total. The van der Waals surface area contributed by atoms with Crippen molar-refractivity contribution in [2.24, 2.45) is 17.8 Å². The number of anilines is 2. The third-order valence-electron chi connectivity index (χ3n) is 10.9. The first-order valence-corrected chi connectivity index (χ1v) is 17.8. The third-order valence-corrected chi connectivity index (χ3v) is 10.9. The first-order chi connectivity index (χ1) is 22.5. The summed E-state index contributed by atoms with van der Waals surface area (Å²) in [6.45, 7) is 2.31. The molecule has 0 bridgehead atoms. The summed E-state index contributed by atoms with van der Waals surface area (Å²) >= 11 is 0. The second kappa shape index (κ2) is 15.1. The van der Waals surface area contributed by atoms with Gasteiger partial charge >= 0.3 is 0 Å². The Hall–Kier alpha value is -3.92. The Kier molecular flexibility index (Phi) is 10.5. The number of rotatable bonds is 12. The average Bonchev–Trinajstić information content (AvgIpc) is 3.08. The highest BCUT2D eigenvalue weighted by Crippen LogP contribution is 2.51. The van der Waals surface area contributed by atoms with Crippen molar-refractivity contribution in [3.63, 3.8) is 0 Å². The lowest BCUT2D eigenvalue weighted by Crippen LogP contribution is -2.35. The maximum absolute atomic E-state index is 6.16. The second-order valence-corrected chi connectivity index (χ2v) is 13.9. The van der Waals surface area contributed by atoms with E-state index in [1.807, 2.05) is 48.5 Å². The van der Waals surface area contributed by atoms with Gasteiger partial charge in [-0.3, -0.25) is 0 Å². The number of nitrogen functional groups attached to an aromatic ring is 2. The van der Waals surface area contributed by atoms with Crippen LogP contribution in [0.1, 0.15) is 102 Å². The summed E-state index contributed by atoms with van der Waals surface area (Å²) in [5, 5.41) is 0. The van der Waals surface area contributed by atoms with Crippen molar-refractivity contribution in [3.8, 4) is 23.0 Å². The molecule has 0 atom stereocenters. The lowest BCUT2D eigenvalue weighted by molar-refractivity contribution is 0.140. The van der Waals surface area contributed by atoms with Crippen LogP contribution in [0, 0.1) is 17.8 Å². The molecule has 0 heterocycles. The quantitative estimate of drug-likeness (QED) is 0.123. The van der Waals surface area contributed by atoms with E-state index in [0.29, 0.717) is 11.4 Å². The molecule has 4 aromatic rings. The van der Waals surface area contributed by atoms with E-state index >= 15 is 0 Å². The van der Waals surface area contributed by atoms with E-state index in [9.17, 15) is 0 Å². The van der Waals surface area contributed by atoms with Crippen LogP contribution in [0.3, 0.4) is 0 Å². The molecule has 0 radical (unpaired) electrons. The number of nitrogens with two attached hydrogens (primary N) is 2. The van der Waals surface area contributed by atoms with Crippen LogP contribution in [-0.2, 0) is 5.41 Å². The smallest absolute Gasteiger partial charge is 0.129 e. The molecular weight excluding hydrogens is 564 g/mol. The molecular formula is C42H52N2O2. The van der Waals surface area contributed by atoms with E-state index in [-0.39, 0.29) is 5.41 Å². The maximum atomic E-state index is 6.16. The highest BCUT2D eigenvalue weighted by Gasteiger charge is 2.41. The van der Waals surface area contributed by atoms with Crippen molar-refractivity contribution in [2.45, 2.75) is 95.8 Å². The molecule has 0 unspecified atom stereocenters. The number of benzene rings is 4. The first-order valence-electron chi connectivity index (χ1n) is 17.8. The fraction of sp³-hybridized carbons (Fsp3) is 0.429. The van der Waals surface area contributed by atoms with Gasteiger partial charge in [-0.05, 0) is 116 Å². The zero-order chi connectivity index (χ0) is 31.8. The van der Waals surface area contributed by atoms with Crippen molar-refractivity contribution in [3.05, 3.63) is 108 Å². The van der Waals surface area contributed by atoms with E-state index in [1.54, 1.807) is 0 Å². The fourth-order valence-corrected chi connectivity index (χ4v) is 8.27. The van der Waals surface area contributed by atoms with Gasteiger partial charge in [0.25, 0.3) is 0 Å². The molecule has 2 saturated carbocycles. The SMILES string of the molecule is CCCCCC[C@H]1CC[C@H](C2CCC(c3ccc(Oc4cccc(N)c4)cc3)(c3ccc(Oc4cccc(N)c4)cc3)CC2)CC1. The van der Waals surface area contributed by atoms with Gasteiger partial charge in [0, 0.05) is 28.9 Å². The molecule has 6 rings (SSSR count). The number of hydrogen-bond acceptors (Lipinski definition) is 4. The summed E-state index contributed by atoms with van der Waals surface area (Å²) in [4.78, 5) is 0. The van der Waals surface area contributed by atoms with Crippen molar-refractivity contribution in [1.29, 1.82) is 0 Å². The lowest BCUT2D eigenvalue weighted by atomic mass is 9.60. The Morgan fingerprint density at radius 2 is 1.07 bits per heavy atom. The Morgan fingerprint density at radius 1 is 0.565 bits per heavy atom. The minimum atomic E-state index is -0.0294. The van der Waals surface area contributed by atoms with Gasteiger partial charge in [0.2, 0.25) is 0 Å². The van der Waals surface area contributed by atoms with Gasteiger partial charge < -0.3 is 20.9 Å². The Balaban J connectivity index is 1.17. The van der Waals surface area contributed by atoms with Crippen LogP contribution < -0.4 is 20.9 Å². The van der Waals surface area contributed by atoms with E-state index in [1.165, 1.54) is 94.6 Å². The van der Waals surface area contributed by atoms with E-state index in [2.05, 4.69) is 55.5 Å². The molecule has 0 aliphatic heterocycles. The van der Waals surface area contributed by atoms with Gasteiger partial charge in [0.15, 0.2) is 0 Å². The lowest BCUT2D eigenvalue weighted by Gasteiger charge is -2.44. The average molecular weight is 617 g/mol. The topological polar surface area (TPSA) is 70.5 Å². The molecule has 2 aliphatic rings. The summed E-state index contributed by atoms with van der Waals surface area (Å²) in [7, 11) is 0. The molecule has 242 valence electrons. The highest BCUT2D eigenvalue weighted by molar-refractivity contribution is 5.48. The Bertz CT molecular complexity index is 1420. The molecule has 2 aliphatic carbocycles. The first kappa shape index (κ1) is 32.0. The van der Waals surface area contributed by atoms with Gasteiger partial charge in [-0.1, -0.05) is 88.3 Å². The number of ether oxygens (including phenoxy) is 2. The van der Waals surface area contributed by atoms with E-state index in [4.69, 9.17) is 20.9 Å². The largest absolute Gasteiger partial charge is 0.457 e. The summed E-state index contributed by atoms with van der Waals surface area (Å²) in [5.41, 5.74) is 16.1. The minimum Gasteiger partial charge on any atom is -0.457 e. The van der Waals surface area contributed by atoms with Crippen molar-refractivity contribution >= 4 is 11.4 Å². The van der Waals surface area contributed by atoms with Crippen LogP contribution >= 0.6 is 0 Å². The van der Waals surface area contributed by atoms with Crippen molar-refractivity contribution in [2.75, 3.05) is 11.5 Å². The van der Waals surface area contributed by atoms with Crippen LogP contribution in [0.4, 0.5) is 11.4 Å². The fourth-order valence-electron chi connectivity index (χ4n) is 8.27. The predicted octanol–water partition coefficient (Wildman–Crippen LogP) is 11.7. The predicted molar refractivity (Wildman–Crippen MR) is 192 cm³/mol. The molecule has 4 nitrogen and oxygen atoms in total. The number of hydrogen-bond donors (Lipinski definition) is 2. The van der Waals surface area contributed by atoms with Crippen molar-refractivity contribution in [1.82, 2.24) is 0 Å². The molecule has 4 heteroatoms. The van der Waals surface area contributed by atoms with E-state index < -0.39 is 0 Å². The van der Waals surface area contributed by atoms with Gasteiger partial charge in [0.1, 0.15) is 23.0 Å². The van der Waals surface area contributed by atoms with Crippen LogP contribution in [-0.4, -0.2) is 0 Å². The Morgan fingerprint density at radius 3 is 1.54 bits per heavy atom. The summed E-state index contributed by atoms with van der Waals surface area (Å²) < 4.78 is 12.3. The van der Waals surface area contributed by atoms with Crippen LogP contribution in [0.5, 0.6) is 23.0 Å². The standard InChI is InChI=1S/C42H52N2O2/c1-2-3-4-5-8-31-13-15-32(16-14-31)33-25-27-42(28-26-33,34-17-21-38(22-18-34)45-40-11-6-9-36(43)29-40)35-19-23-39(24-20-35)46-41-12-7-10-37(44)30-41/h6-7,9-12,17-24,29-33H,2-5,8,13-16,25-28,43-44H2,1H3/t31-,32-. The van der Waals surface area contributed by atoms with Crippen LogP contribution in [0.2, 0.25) is 0 Å². The van der Waals surface area contributed by atoms with Gasteiger partial charge in [-0.15, -0.1) is 0 Å². The highest BCUT2D eigenvalue weighted by atomic mass is 16.5. The maximum Gasteiger partial charge on any atom is 0.129 e. The molecule has 0 aromatic heterocycles. The summed E-state index contributed by atoms with van der Waals surface area (Å²) in [5.74, 6) is 5.88. The molecule has 2 fully saturated rings. The summed E-state index contributed by atoms with van der Waals surface area (Å²) in [6.07, 6.45) is 17.7. The molecule has 4 aromatic carbocycles. The Labute approximate surface area is 276 Å². The van der Waals surface area contributed by atoms with Crippen LogP contribution in [0.15, 0.2) is 97.1 Å². The van der Waals surface area contributed by atoms with Gasteiger partial charge in [0.05, 0.1) is 0 Å². The second-order valence-electron chi connectivity index (χ2n) is 13.9. The normalized spacial score (nSPS) is 19.8. The third kappa shape index (κ3) is 7.89. The monoisotopic (exact) mass is 616 g/mol. The molecule has 0 spiro atoms. The molecule has 0 amide bonds. The summed E-state index contributed by atoms with van der Waals surface area (Å²) in [6, 6.07) is 32.8.